The first-order valence-corrected chi connectivity index (χ1v) is 9.73. The van der Waals surface area contributed by atoms with Crippen LogP contribution in [0.15, 0.2) is 64.4 Å². The summed E-state index contributed by atoms with van der Waals surface area (Å²) in [6.45, 7) is 1.66. The first kappa shape index (κ1) is 17.1. The van der Waals surface area contributed by atoms with Gasteiger partial charge in [-0.15, -0.1) is 0 Å². The van der Waals surface area contributed by atoms with Crippen molar-refractivity contribution in [3.8, 4) is 11.1 Å². The van der Waals surface area contributed by atoms with Gasteiger partial charge in [0.1, 0.15) is 0 Å². The number of hydrogen-bond donors (Lipinski definition) is 1. The Morgan fingerprint density at radius 1 is 0.962 bits per heavy atom. The Hall–Kier alpha value is -2.30. The Morgan fingerprint density at radius 2 is 1.77 bits per heavy atom. The summed E-state index contributed by atoms with van der Waals surface area (Å²) in [4.78, 5) is 17.4. The number of benzene rings is 3. The molecule has 1 aliphatic rings. The molecule has 1 N–H and O–H groups in total. The van der Waals surface area contributed by atoms with E-state index in [0.29, 0.717) is 6.54 Å². The highest BCUT2D eigenvalue weighted by molar-refractivity contribution is 7.99. The zero-order chi connectivity index (χ0) is 18.1. The molecule has 0 fully saturated rings. The number of amides is 1. The van der Waals surface area contributed by atoms with Gasteiger partial charge >= 0.3 is 0 Å². The summed E-state index contributed by atoms with van der Waals surface area (Å²) in [6.07, 6.45) is 0.948. The van der Waals surface area contributed by atoms with E-state index in [2.05, 4.69) is 52.7 Å². The number of rotatable bonds is 5. The van der Waals surface area contributed by atoms with E-state index in [0.717, 1.165) is 23.9 Å². The van der Waals surface area contributed by atoms with Crippen LogP contribution in [0.1, 0.15) is 16.8 Å². The van der Waals surface area contributed by atoms with Gasteiger partial charge in [-0.2, -0.15) is 0 Å². The first-order valence-electron chi connectivity index (χ1n) is 8.91. The molecule has 0 aromatic heterocycles. The van der Waals surface area contributed by atoms with Crippen LogP contribution in [0, 0.1) is 0 Å². The molecule has 0 saturated carbocycles. The highest BCUT2D eigenvalue weighted by atomic mass is 32.2. The molecule has 3 nitrogen and oxygen atoms in total. The lowest BCUT2D eigenvalue weighted by Gasteiger charge is -2.21. The van der Waals surface area contributed by atoms with Crippen LogP contribution < -0.4 is 5.32 Å². The second-order valence-electron chi connectivity index (χ2n) is 6.85. The minimum Gasteiger partial charge on any atom is -0.352 e. The van der Waals surface area contributed by atoms with Crippen molar-refractivity contribution in [2.75, 3.05) is 27.2 Å². The normalized spacial score (nSPS) is 12.3. The van der Waals surface area contributed by atoms with Crippen LogP contribution in [0.5, 0.6) is 0 Å². The maximum Gasteiger partial charge on any atom is 0.251 e. The number of nitrogens with one attached hydrogen (secondary N) is 1. The number of fused-ring (bicyclic) bond motifs is 2. The Balaban J connectivity index is 1.70. The molecule has 0 aliphatic carbocycles. The van der Waals surface area contributed by atoms with Gasteiger partial charge in [-0.05, 0) is 61.8 Å². The summed E-state index contributed by atoms with van der Waals surface area (Å²) in [5.41, 5.74) is 3.23. The Labute approximate surface area is 158 Å². The second-order valence-corrected chi connectivity index (χ2v) is 7.93. The predicted molar refractivity (Wildman–Crippen MR) is 109 cm³/mol. The molecule has 0 saturated heterocycles. The summed E-state index contributed by atoms with van der Waals surface area (Å²) in [6, 6.07) is 18.8. The van der Waals surface area contributed by atoms with Crippen LogP contribution in [0.4, 0.5) is 0 Å². The maximum atomic E-state index is 12.7. The van der Waals surface area contributed by atoms with Crippen molar-refractivity contribution < 1.29 is 4.79 Å². The molecule has 0 radical (unpaired) electrons. The average molecular weight is 362 g/mol. The highest BCUT2D eigenvalue weighted by Gasteiger charge is 2.21. The van der Waals surface area contributed by atoms with Crippen LogP contribution >= 0.6 is 11.8 Å². The van der Waals surface area contributed by atoms with E-state index in [1.165, 1.54) is 26.3 Å². The molecule has 26 heavy (non-hydrogen) atoms. The monoisotopic (exact) mass is 362 g/mol. The van der Waals surface area contributed by atoms with Gasteiger partial charge in [-0.25, -0.2) is 0 Å². The molecule has 0 bridgehead atoms. The van der Waals surface area contributed by atoms with Crippen LogP contribution in [-0.2, 0) is 0 Å². The zero-order valence-corrected chi connectivity index (χ0v) is 15.9. The van der Waals surface area contributed by atoms with Gasteiger partial charge < -0.3 is 10.2 Å². The Bertz CT molecular complexity index is 981. The molecule has 1 heterocycles. The van der Waals surface area contributed by atoms with Gasteiger partial charge in [0.05, 0.1) is 0 Å². The molecule has 3 aromatic rings. The molecule has 0 atom stereocenters. The fourth-order valence-electron chi connectivity index (χ4n) is 3.47. The van der Waals surface area contributed by atoms with Gasteiger partial charge in [0.15, 0.2) is 0 Å². The lowest BCUT2D eigenvalue weighted by atomic mass is 9.94. The number of hydrogen-bond acceptors (Lipinski definition) is 3. The topological polar surface area (TPSA) is 32.3 Å². The maximum absolute atomic E-state index is 12.7. The lowest BCUT2D eigenvalue weighted by molar-refractivity contribution is 0.0954. The van der Waals surface area contributed by atoms with E-state index in [-0.39, 0.29) is 5.91 Å². The molecule has 4 heteroatoms. The van der Waals surface area contributed by atoms with E-state index in [1.807, 2.05) is 26.2 Å². The van der Waals surface area contributed by atoms with E-state index in [4.69, 9.17) is 0 Å². The van der Waals surface area contributed by atoms with Crippen molar-refractivity contribution in [3.05, 3.63) is 60.2 Å². The average Bonchev–Trinajstić information content (AvgIpc) is 2.65. The molecule has 0 spiro atoms. The third-order valence-electron chi connectivity index (χ3n) is 4.71. The van der Waals surface area contributed by atoms with Crippen LogP contribution in [0.3, 0.4) is 0 Å². The third kappa shape index (κ3) is 3.11. The third-order valence-corrected chi connectivity index (χ3v) is 5.85. The minimum atomic E-state index is 0.0105. The summed E-state index contributed by atoms with van der Waals surface area (Å²) >= 11 is 1.78. The largest absolute Gasteiger partial charge is 0.352 e. The van der Waals surface area contributed by atoms with Crippen molar-refractivity contribution in [2.45, 2.75) is 16.2 Å². The zero-order valence-electron chi connectivity index (χ0n) is 15.1. The number of carbonyl (C=O) groups excluding carboxylic acids is 1. The minimum absolute atomic E-state index is 0.0105. The van der Waals surface area contributed by atoms with Gasteiger partial charge in [-0.3, -0.25) is 4.79 Å². The van der Waals surface area contributed by atoms with Gasteiger partial charge in [0.25, 0.3) is 5.91 Å². The second kappa shape index (κ2) is 7.14. The standard InChI is InChI=1S/C22H22N2OS/c1-24(2)14-6-13-23-22(25)18-12-11-17-15-7-3-4-9-19(15)26-20-10-5-8-16(18)21(17)20/h3-5,7-12H,6,13-14H2,1-2H3,(H,23,25). The fourth-order valence-corrected chi connectivity index (χ4v) is 4.61. The molecule has 1 amide bonds. The van der Waals surface area contributed by atoms with Crippen LogP contribution in [-0.4, -0.2) is 38.0 Å². The summed E-state index contributed by atoms with van der Waals surface area (Å²) in [5, 5.41) is 5.29. The van der Waals surface area contributed by atoms with Crippen molar-refractivity contribution in [1.82, 2.24) is 10.2 Å². The number of carbonyl (C=O) groups is 1. The SMILES string of the molecule is CN(C)CCCNC(=O)c1ccc2c3c(cccc13)Sc1ccccc1-2. The highest BCUT2D eigenvalue weighted by Crippen LogP contribution is 2.48. The summed E-state index contributed by atoms with van der Waals surface area (Å²) in [5.74, 6) is 0.0105. The van der Waals surface area contributed by atoms with Crippen molar-refractivity contribution in [2.24, 2.45) is 0 Å². The van der Waals surface area contributed by atoms with Crippen molar-refractivity contribution >= 4 is 28.4 Å². The van der Waals surface area contributed by atoms with Crippen molar-refractivity contribution in [3.63, 3.8) is 0 Å². The van der Waals surface area contributed by atoms with Crippen LogP contribution in [0.25, 0.3) is 21.9 Å². The molecule has 1 aliphatic heterocycles. The number of nitrogens with zero attached hydrogens (tertiary/aromatic N) is 1. The Kier molecular flexibility index (Phi) is 4.70. The summed E-state index contributed by atoms with van der Waals surface area (Å²) in [7, 11) is 4.09. The van der Waals surface area contributed by atoms with Gasteiger partial charge in [0.2, 0.25) is 0 Å². The molecule has 4 rings (SSSR count). The van der Waals surface area contributed by atoms with Gasteiger partial charge in [-0.1, -0.05) is 48.2 Å². The molecule has 132 valence electrons. The quantitative estimate of drug-likeness (QED) is 0.524. The molecule has 0 unspecified atom stereocenters. The molecular formula is C22H22N2OS. The fraction of sp³-hybridized carbons (Fsp3) is 0.227. The van der Waals surface area contributed by atoms with E-state index >= 15 is 0 Å². The van der Waals surface area contributed by atoms with Crippen LogP contribution in [0.2, 0.25) is 0 Å². The predicted octanol–water partition coefficient (Wildman–Crippen LogP) is 4.65. The Morgan fingerprint density at radius 3 is 2.62 bits per heavy atom. The molecule has 3 aromatic carbocycles. The lowest BCUT2D eigenvalue weighted by Crippen LogP contribution is -2.27. The van der Waals surface area contributed by atoms with E-state index in [9.17, 15) is 4.79 Å². The molecular weight excluding hydrogens is 340 g/mol. The van der Waals surface area contributed by atoms with E-state index in [1.54, 1.807) is 11.8 Å². The van der Waals surface area contributed by atoms with Gasteiger partial charge in [0, 0.05) is 27.3 Å². The first-order chi connectivity index (χ1) is 12.6. The van der Waals surface area contributed by atoms with E-state index < -0.39 is 0 Å². The smallest absolute Gasteiger partial charge is 0.251 e. The summed E-state index contributed by atoms with van der Waals surface area (Å²) < 4.78 is 0. The van der Waals surface area contributed by atoms with Crippen molar-refractivity contribution in [1.29, 1.82) is 0 Å².